The zero-order valence-electron chi connectivity index (χ0n) is 10.6. The Kier molecular flexibility index (Phi) is 4.97. The van der Waals surface area contributed by atoms with Gasteiger partial charge in [0.05, 0.1) is 11.1 Å². The molecule has 0 fully saturated rings. The van der Waals surface area contributed by atoms with Crippen LogP contribution in [0.15, 0.2) is 26.5 Å². The normalized spacial score (nSPS) is 11.3. The molecule has 0 aliphatic rings. The van der Waals surface area contributed by atoms with Crippen molar-refractivity contribution in [3.63, 3.8) is 0 Å². The Morgan fingerprint density at radius 3 is 3.00 bits per heavy atom. The van der Waals surface area contributed by atoms with E-state index in [4.69, 9.17) is 4.42 Å². The molecule has 0 atom stereocenters. The summed E-state index contributed by atoms with van der Waals surface area (Å²) in [7, 11) is 0. The summed E-state index contributed by atoms with van der Waals surface area (Å²) in [5.41, 5.74) is 0. The van der Waals surface area contributed by atoms with E-state index >= 15 is 0 Å². The summed E-state index contributed by atoms with van der Waals surface area (Å²) in [6.07, 6.45) is 3.73. The van der Waals surface area contributed by atoms with Gasteiger partial charge in [0.2, 0.25) is 0 Å². The second kappa shape index (κ2) is 6.50. The molecule has 0 saturated heterocycles. The Hall–Kier alpha value is -0.650. The van der Waals surface area contributed by atoms with Crippen molar-refractivity contribution in [3.05, 3.63) is 28.0 Å². The number of hydrogen-bond donors (Lipinski definition) is 1. The summed E-state index contributed by atoms with van der Waals surface area (Å²) in [6.45, 7) is 5.30. The van der Waals surface area contributed by atoms with E-state index in [-0.39, 0.29) is 0 Å². The van der Waals surface area contributed by atoms with Gasteiger partial charge in [-0.1, -0.05) is 13.8 Å². The summed E-state index contributed by atoms with van der Waals surface area (Å²) in [5, 5.41) is 5.42. The fraction of sp³-hybridized carbons (Fsp3) is 0.462. The number of aryl methyl sites for hydroxylation is 1. The Morgan fingerprint density at radius 2 is 2.33 bits per heavy atom. The molecule has 5 heteroatoms. The topological polar surface area (TPSA) is 38.1 Å². The van der Waals surface area contributed by atoms with Crippen LogP contribution < -0.4 is 5.32 Å². The summed E-state index contributed by atoms with van der Waals surface area (Å²) >= 11 is 5.16. The lowest BCUT2D eigenvalue weighted by atomic mass is 10.3. The van der Waals surface area contributed by atoms with Crippen molar-refractivity contribution in [1.29, 1.82) is 0 Å². The van der Waals surface area contributed by atoms with Gasteiger partial charge in [-0.25, -0.2) is 4.98 Å². The molecule has 0 radical (unpaired) electrons. The lowest BCUT2D eigenvalue weighted by molar-refractivity contribution is 0.485. The lowest BCUT2D eigenvalue weighted by Crippen LogP contribution is -2.23. The smallest absolute Gasteiger partial charge is 0.194 e. The second-order valence-corrected chi connectivity index (χ2v) is 6.20. The van der Waals surface area contributed by atoms with Gasteiger partial charge in [0, 0.05) is 16.9 Å². The molecule has 1 N–H and O–H groups in total. The number of halogens is 1. The first kappa shape index (κ1) is 13.8. The molecule has 18 heavy (non-hydrogen) atoms. The molecule has 0 aliphatic heterocycles. The molecule has 2 aromatic rings. The molecule has 2 rings (SSSR count). The number of nitrogens with zero attached hydrogens (tertiary/aromatic N) is 1. The van der Waals surface area contributed by atoms with Crippen molar-refractivity contribution in [2.45, 2.75) is 32.7 Å². The molecule has 0 aliphatic carbocycles. The highest BCUT2D eigenvalue weighted by Crippen LogP contribution is 2.33. The predicted octanol–water partition coefficient (Wildman–Crippen LogP) is 4.10. The van der Waals surface area contributed by atoms with Crippen molar-refractivity contribution < 1.29 is 4.42 Å². The van der Waals surface area contributed by atoms with Crippen LogP contribution in [0.3, 0.4) is 0 Å². The maximum absolute atomic E-state index is 5.76. The molecule has 0 amide bonds. The van der Waals surface area contributed by atoms with E-state index in [0.29, 0.717) is 6.04 Å². The minimum atomic E-state index is 0.534. The fourth-order valence-corrected chi connectivity index (χ4v) is 3.14. The van der Waals surface area contributed by atoms with E-state index in [0.717, 1.165) is 40.4 Å². The van der Waals surface area contributed by atoms with E-state index in [2.05, 4.69) is 40.1 Å². The van der Waals surface area contributed by atoms with Gasteiger partial charge in [-0.2, -0.15) is 0 Å². The molecule has 0 unspecified atom stereocenters. The number of aromatic nitrogens is 1. The molecule has 0 saturated carbocycles. The number of nitrogens with one attached hydrogen (secondary N) is 1. The van der Waals surface area contributed by atoms with Crippen LogP contribution in [-0.4, -0.2) is 17.6 Å². The summed E-state index contributed by atoms with van der Waals surface area (Å²) < 4.78 is 6.82. The van der Waals surface area contributed by atoms with Gasteiger partial charge in [0.25, 0.3) is 0 Å². The Morgan fingerprint density at radius 1 is 1.50 bits per heavy atom. The highest BCUT2D eigenvalue weighted by molar-refractivity contribution is 9.10. The average Bonchev–Trinajstić information content (AvgIpc) is 2.92. The third-order valence-corrected chi connectivity index (χ3v) is 4.37. The zero-order chi connectivity index (χ0) is 13.0. The van der Waals surface area contributed by atoms with Crippen LogP contribution in [0.2, 0.25) is 0 Å². The van der Waals surface area contributed by atoms with Crippen LogP contribution in [-0.2, 0) is 6.42 Å². The van der Waals surface area contributed by atoms with Crippen molar-refractivity contribution >= 4 is 27.3 Å². The number of rotatable bonds is 6. The van der Waals surface area contributed by atoms with Crippen LogP contribution in [0.25, 0.3) is 10.6 Å². The fourth-order valence-electron chi connectivity index (χ4n) is 1.63. The zero-order valence-corrected chi connectivity index (χ0v) is 13.0. The Labute approximate surface area is 120 Å². The third kappa shape index (κ3) is 3.67. The maximum atomic E-state index is 5.76. The quantitative estimate of drug-likeness (QED) is 0.811. The van der Waals surface area contributed by atoms with Gasteiger partial charge in [0.15, 0.2) is 11.7 Å². The van der Waals surface area contributed by atoms with E-state index in [1.54, 1.807) is 11.3 Å². The molecule has 0 bridgehead atoms. The SMILES string of the molecule is CC(C)NCCCc1ncc(-c2sccc2Br)o1. The van der Waals surface area contributed by atoms with Gasteiger partial charge in [-0.05, 0) is 40.3 Å². The van der Waals surface area contributed by atoms with Crippen molar-refractivity contribution in [2.75, 3.05) is 6.54 Å². The minimum absolute atomic E-state index is 0.534. The molecule has 98 valence electrons. The van der Waals surface area contributed by atoms with Gasteiger partial charge < -0.3 is 9.73 Å². The molecule has 0 aromatic carbocycles. The average molecular weight is 329 g/mol. The minimum Gasteiger partial charge on any atom is -0.440 e. The highest BCUT2D eigenvalue weighted by atomic mass is 79.9. The van der Waals surface area contributed by atoms with Crippen LogP contribution in [0.5, 0.6) is 0 Å². The van der Waals surface area contributed by atoms with Crippen LogP contribution >= 0.6 is 27.3 Å². The Bertz CT molecular complexity index is 493. The number of thiophene rings is 1. The summed E-state index contributed by atoms with van der Waals surface area (Å²) in [5.74, 6) is 1.67. The van der Waals surface area contributed by atoms with Crippen LogP contribution in [0.1, 0.15) is 26.2 Å². The first-order chi connectivity index (χ1) is 8.66. The second-order valence-electron chi connectivity index (χ2n) is 4.43. The molecule has 2 heterocycles. The van der Waals surface area contributed by atoms with Crippen molar-refractivity contribution in [2.24, 2.45) is 0 Å². The maximum Gasteiger partial charge on any atom is 0.194 e. The third-order valence-electron chi connectivity index (χ3n) is 2.51. The number of oxazole rings is 1. The van der Waals surface area contributed by atoms with Gasteiger partial charge in [-0.15, -0.1) is 11.3 Å². The van der Waals surface area contributed by atoms with Gasteiger partial charge in [0.1, 0.15) is 0 Å². The molecular weight excluding hydrogens is 312 g/mol. The van der Waals surface area contributed by atoms with E-state index in [1.165, 1.54) is 0 Å². The first-order valence-corrected chi connectivity index (χ1v) is 7.75. The van der Waals surface area contributed by atoms with Crippen LogP contribution in [0, 0.1) is 0 Å². The number of hydrogen-bond acceptors (Lipinski definition) is 4. The summed E-state index contributed by atoms with van der Waals surface area (Å²) in [6, 6.07) is 2.56. The molecule has 2 aromatic heterocycles. The van der Waals surface area contributed by atoms with E-state index in [9.17, 15) is 0 Å². The van der Waals surface area contributed by atoms with Crippen molar-refractivity contribution in [1.82, 2.24) is 10.3 Å². The van der Waals surface area contributed by atoms with Gasteiger partial charge >= 0.3 is 0 Å². The molecular formula is C13H17BrN2OS. The molecule has 3 nitrogen and oxygen atoms in total. The lowest BCUT2D eigenvalue weighted by Gasteiger charge is -2.05. The van der Waals surface area contributed by atoms with Crippen molar-refractivity contribution in [3.8, 4) is 10.6 Å². The molecule has 0 spiro atoms. The standard InChI is InChI=1S/C13H17BrN2OS/c1-9(2)15-6-3-4-12-16-8-11(17-12)13-10(14)5-7-18-13/h5,7-9,15H,3-4,6H2,1-2H3. The predicted molar refractivity (Wildman–Crippen MR) is 79.0 cm³/mol. The largest absolute Gasteiger partial charge is 0.440 e. The summed E-state index contributed by atoms with van der Waals surface area (Å²) in [4.78, 5) is 5.43. The van der Waals surface area contributed by atoms with E-state index in [1.807, 2.05) is 17.6 Å². The Balaban J connectivity index is 1.89. The van der Waals surface area contributed by atoms with Gasteiger partial charge in [-0.3, -0.25) is 0 Å². The van der Waals surface area contributed by atoms with E-state index < -0.39 is 0 Å². The monoisotopic (exact) mass is 328 g/mol. The first-order valence-electron chi connectivity index (χ1n) is 6.08. The van der Waals surface area contributed by atoms with Crippen LogP contribution in [0.4, 0.5) is 0 Å². The highest BCUT2D eigenvalue weighted by Gasteiger charge is 2.10.